The van der Waals surface area contributed by atoms with Crippen LogP contribution in [0.3, 0.4) is 0 Å². The first-order valence-electron chi connectivity index (χ1n) is 7.43. The molecule has 1 aliphatic heterocycles. The van der Waals surface area contributed by atoms with Crippen molar-refractivity contribution in [3.8, 4) is 0 Å². The number of carbonyl (C=O) groups is 1. The van der Waals surface area contributed by atoms with E-state index in [0.717, 1.165) is 23.4 Å². The Hall–Kier alpha value is -2.55. The van der Waals surface area contributed by atoms with Gasteiger partial charge in [0.1, 0.15) is 0 Å². The van der Waals surface area contributed by atoms with E-state index in [2.05, 4.69) is 19.2 Å². The van der Waals surface area contributed by atoms with Gasteiger partial charge in [-0.1, -0.05) is 36.4 Å². The summed E-state index contributed by atoms with van der Waals surface area (Å²) in [5, 5.41) is 3.47. The van der Waals surface area contributed by atoms with Gasteiger partial charge in [-0.05, 0) is 38.0 Å². The molecule has 2 aromatic rings. The summed E-state index contributed by atoms with van der Waals surface area (Å²) in [6.07, 6.45) is 2.56. The van der Waals surface area contributed by atoms with Crippen LogP contribution in [0.4, 0.5) is 5.69 Å². The molecule has 0 atom stereocenters. The van der Waals surface area contributed by atoms with Crippen LogP contribution in [0.2, 0.25) is 0 Å². The van der Waals surface area contributed by atoms with E-state index in [1.165, 1.54) is 5.56 Å². The third kappa shape index (κ3) is 2.89. The number of allylic oxidation sites excluding steroid dienone is 1. The van der Waals surface area contributed by atoms with Crippen molar-refractivity contribution in [1.82, 2.24) is 5.32 Å². The highest BCUT2D eigenvalue weighted by Crippen LogP contribution is 2.31. The molecule has 2 aromatic carbocycles. The second-order valence-electron chi connectivity index (χ2n) is 6.39. The lowest BCUT2D eigenvalue weighted by Crippen LogP contribution is -2.43. The van der Waals surface area contributed by atoms with Crippen molar-refractivity contribution in [3.63, 3.8) is 0 Å². The summed E-state index contributed by atoms with van der Waals surface area (Å²) in [4.78, 5) is 12.5. The van der Waals surface area contributed by atoms with Crippen molar-refractivity contribution in [2.75, 3.05) is 5.73 Å². The molecule has 112 valence electrons. The van der Waals surface area contributed by atoms with E-state index in [9.17, 15) is 4.79 Å². The lowest BCUT2D eigenvalue weighted by molar-refractivity contribution is 0.104. The fourth-order valence-electron chi connectivity index (χ4n) is 2.91. The van der Waals surface area contributed by atoms with E-state index in [1.54, 1.807) is 6.08 Å². The number of hydrogen-bond donors (Lipinski definition) is 2. The molecule has 0 saturated carbocycles. The number of benzene rings is 2. The Kier molecular flexibility index (Phi) is 3.49. The molecule has 0 aliphatic carbocycles. The van der Waals surface area contributed by atoms with Crippen LogP contribution >= 0.6 is 0 Å². The maximum Gasteiger partial charge on any atom is 0.187 e. The summed E-state index contributed by atoms with van der Waals surface area (Å²) in [6.45, 7) is 4.25. The fraction of sp³-hybridized carbons (Fsp3) is 0.211. The van der Waals surface area contributed by atoms with Gasteiger partial charge in [0.2, 0.25) is 0 Å². The van der Waals surface area contributed by atoms with Crippen LogP contribution < -0.4 is 11.1 Å². The Morgan fingerprint density at radius 1 is 1.18 bits per heavy atom. The lowest BCUT2D eigenvalue weighted by Gasteiger charge is -2.35. The van der Waals surface area contributed by atoms with E-state index in [1.807, 2.05) is 48.5 Å². The molecule has 0 spiro atoms. The minimum absolute atomic E-state index is 0.00331. The van der Waals surface area contributed by atoms with Crippen LogP contribution in [0, 0.1) is 0 Å². The van der Waals surface area contributed by atoms with Crippen molar-refractivity contribution in [1.29, 1.82) is 0 Å². The molecule has 3 nitrogen and oxygen atoms in total. The van der Waals surface area contributed by atoms with Gasteiger partial charge in [-0.2, -0.15) is 0 Å². The maximum atomic E-state index is 12.5. The van der Waals surface area contributed by atoms with Gasteiger partial charge < -0.3 is 11.1 Å². The summed E-state index contributed by atoms with van der Waals surface area (Å²) >= 11 is 0. The molecule has 3 N–H and O–H groups in total. The lowest BCUT2D eigenvalue weighted by atomic mass is 9.85. The molecule has 3 heteroatoms. The molecule has 0 aromatic heterocycles. The number of hydrogen-bond acceptors (Lipinski definition) is 3. The first-order chi connectivity index (χ1) is 10.4. The first-order valence-corrected chi connectivity index (χ1v) is 7.43. The molecule has 0 fully saturated rings. The minimum atomic E-state index is -0.108. The van der Waals surface area contributed by atoms with Crippen LogP contribution in [0.5, 0.6) is 0 Å². The van der Waals surface area contributed by atoms with Crippen molar-refractivity contribution in [2.45, 2.75) is 25.8 Å². The molecule has 1 heterocycles. The number of nitrogens with two attached hydrogens (primary N) is 1. The number of ketones is 1. The van der Waals surface area contributed by atoms with E-state index >= 15 is 0 Å². The zero-order valence-electron chi connectivity index (χ0n) is 12.9. The fourth-order valence-corrected chi connectivity index (χ4v) is 2.91. The number of anilines is 1. The highest BCUT2D eigenvalue weighted by atomic mass is 16.1. The van der Waals surface area contributed by atoms with Gasteiger partial charge >= 0.3 is 0 Å². The molecule has 1 aliphatic rings. The molecule has 0 amide bonds. The zero-order chi connectivity index (χ0) is 15.7. The Balaban J connectivity index is 2.03. The number of nitrogen functional groups attached to an aromatic ring is 1. The predicted octanol–water partition coefficient (Wildman–Crippen LogP) is 3.42. The average Bonchev–Trinajstić information content (AvgIpc) is 2.46. The number of nitrogens with one attached hydrogen (secondary N) is 1. The summed E-state index contributed by atoms with van der Waals surface area (Å²) in [5.41, 5.74) is 10.3. The van der Waals surface area contributed by atoms with Crippen molar-refractivity contribution >= 4 is 17.2 Å². The van der Waals surface area contributed by atoms with Gasteiger partial charge in [-0.3, -0.25) is 4.79 Å². The third-order valence-electron chi connectivity index (χ3n) is 3.86. The van der Waals surface area contributed by atoms with Gasteiger partial charge in [-0.25, -0.2) is 0 Å². The second kappa shape index (κ2) is 5.34. The molecule has 22 heavy (non-hydrogen) atoms. The molecule has 0 radical (unpaired) electrons. The zero-order valence-corrected chi connectivity index (χ0v) is 12.9. The quantitative estimate of drug-likeness (QED) is 0.506. The first kappa shape index (κ1) is 14.4. The van der Waals surface area contributed by atoms with E-state index < -0.39 is 0 Å². The summed E-state index contributed by atoms with van der Waals surface area (Å²) in [7, 11) is 0. The van der Waals surface area contributed by atoms with E-state index in [-0.39, 0.29) is 11.3 Å². The molecule has 0 unspecified atom stereocenters. The molecule has 3 rings (SSSR count). The minimum Gasteiger partial charge on any atom is -0.399 e. The summed E-state index contributed by atoms with van der Waals surface area (Å²) in [5.74, 6) is 0.00331. The Morgan fingerprint density at radius 2 is 1.91 bits per heavy atom. The monoisotopic (exact) mass is 292 g/mol. The predicted molar refractivity (Wildman–Crippen MR) is 90.5 cm³/mol. The normalized spacial score (nSPS) is 17.6. The number of fused-ring (bicyclic) bond motifs is 1. The van der Waals surface area contributed by atoms with Gasteiger partial charge in [-0.15, -0.1) is 0 Å². The highest BCUT2D eigenvalue weighted by Gasteiger charge is 2.28. The van der Waals surface area contributed by atoms with Gasteiger partial charge in [0, 0.05) is 34.1 Å². The molecule has 0 saturated heterocycles. The van der Waals surface area contributed by atoms with Gasteiger partial charge in [0.05, 0.1) is 0 Å². The van der Waals surface area contributed by atoms with Gasteiger partial charge in [0.25, 0.3) is 0 Å². The Morgan fingerprint density at radius 3 is 2.64 bits per heavy atom. The maximum absolute atomic E-state index is 12.5. The molecular weight excluding hydrogens is 272 g/mol. The average molecular weight is 292 g/mol. The number of rotatable bonds is 2. The van der Waals surface area contributed by atoms with E-state index in [0.29, 0.717) is 5.56 Å². The SMILES string of the molecule is CC1(C)Cc2cc(N)ccc2/C(=C/C(=O)c2ccccc2)N1. The van der Waals surface area contributed by atoms with Crippen LogP contribution in [0.25, 0.3) is 5.70 Å². The number of carbonyl (C=O) groups excluding carboxylic acids is 1. The van der Waals surface area contributed by atoms with Crippen molar-refractivity contribution < 1.29 is 4.79 Å². The summed E-state index contributed by atoms with van der Waals surface area (Å²) in [6, 6.07) is 15.2. The standard InChI is InChI=1S/C19H20N2O/c1-19(2)12-14-10-15(20)8-9-16(14)17(21-19)11-18(22)13-6-4-3-5-7-13/h3-11,21H,12,20H2,1-2H3/b17-11-. The summed E-state index contributed by atoms with van der Waals surface area (Å²) < 4.78 is 0. The topological polar surface area (TPSA) is 55.1 Å². The van der Waals surface area contributed by atoms with Crippen LogP contribution in [0.1, 0.15) is 35.3 Å². The van der Waals surface area contributed by atoms with Crippen LogP contribution in [-0.2, 0) is 6.42 Å². The third-order valence-corrected chi connectivity index (χ3v) is 3.86. The second-order valence-corrected chi connectivity index (χ2v) is 6.39. The largest absolute Gasteiger partial charge is 0.399 e. The molecular formula is C19H20N2O. The van der Waals surface area contributed by atoms with Crippen LogP contribution in [-0.4, -0.2) is 11.3 Å². The smallest absolute Gasteiger partial charge is 0.187 e. The van der Waals surface area contributed by atoms with Crippen LogP contribution in [0.15, 0.2) is 54.6 Å². The van der Waals surface area contributed by atoms with Crippen molar-refractivity contribution in [2.24, 2.45) is 0 Å². The van der Waals surface area contributed by atoms with Crippen molar-refractivity contribution in [3.05, 3.63) is 71.3 Å². The molecule has 0 bridgehead atoms. The van der Waals surface area contributed by atoms with Gasteiger partial charge in [0.15, 0.2) is 5.78 Å². The Bertz CT molecular complexity index is 745. The van der Waals surface area contributed by atoms with E-state index in [4.69, 9.17) is 5.73 Å². The highest BCUT2D eigenvalue weighted by molar-refractivity contribution is 6.08. The Labute approximate surface area is 130 Å².